The van der Waals surface area contributed by atoms with Crippen LogP contribution in [0.2, 0.25) is 0 Å². The summed E-state index contributed by atoms with van der Waals surface area (Å²) < 4.78 is 39.9. The van der Waals surface area contributed by atoms with Gasteiger partial charge in [0.15, 0.2) is 11.6 Å². The number of anilines is 1. The van der Waals surface area contributed by atoms with Crippen LogP contribution in [-0.2, 0) is 6.42 Å². The van der Waals surface area contributed by atoms with E-state index in [1.54, 1.807) is 0 Å². The fourth-order valence-electron chi connectivity index (χ4n) is 2.56. The van der Waals surface area contributed by atoms with Gasteiger partial charge in [-0.15, -0.1) is 0 Å². The Labute approximate surface area is 109 Å². The van der Waals surface area contributed by atoms with Gasteiger partial charge in [0.1, 0.15) is 5.82 Å². The summed E-state index contributed by atoms with van der Waals surface area (Å²) in [5.74, 6) is -2.99. The third kappa shape index (κ3) is 2.18. The molecule has 4 heteroatoms. The van der Waals surface area contributed by atoms with Crippen molar-refractivity contribution in [2.75, 3.05) is 5.32 Å². The molecule has 1 nitrogen and oxygen atoms in total. The van der Waals surface area contributed by atoms with Crippen molar-refractivity contribution in [3.05, 3.63) is 65.0 Å². The third-order valence-electron chi connectivity index (χ3n) is 3.46. The van der Waals surface area contributed by atoms with Gasteiger partial charge in [0.25, 0.3) is 0 Å². The van der Waals surface area contributed by atoms with Crippen molar-refractivity contribution < 1.29 is 13.2 Å². The topological polar surface area (TPSA) is 12.0 Å². The van der Waals surface area contributed by atoms with Crippen LogP contribution in [0.25, 0.3) is 0 Å². The second kappa shape index (κ2) is 4.61. The number of aryl methyl sites for hydroxylation is 1. The van der Waals surface area contributed by atoms with Gasteiger partial charge in [0.05, 0.1) is 11.7 Å². The smallest absolute Gasteiger partial charge is 0.182 e. The van der Waals surface area contributed by atoms with Crippen LogP contribution in [0.15, 0.2) is 36.4 Å². The van der Waals surface area contributed by atoms with Gasteiger partial charge in [-0.05, 0) is 24.0 Å². The Morgan fingerprint density at radius 2 is 1.84 bits per heavy atom. The van der Waals surface area contributed by atoms with Gasteiger partial charge in [-0.2, -0.15) is 0 Å². The summed E-state index contributed by atoms with van der Waals surface area (Å²) in [6.07, 6.45) is 1.67. The SMILES string of the molecule is Fc1cc(F)c(F)c(NC2CCc3ccccc32)c1. The Bertz CT molecular complexity index is 625. The van der Waals surface area contributed by atoms with Gasteiger partial charge < -0.3 is 5.32 Å². The Morgan fingerprint density at radius 3 is 2.68 bits per heavy atom. The maximum absolute atomic E-state index is 13.6. The van der Waals surface area contributed by atoms with E-state index in [1.807, 2.05) is 24.3 Å². The molecule has 1 N–H and O–H groups in total. The summed E-state index contributed by atoms with van der Waals surface area (Å²) in [5, 5.41) is 2.89. The minimum absolute atomic E-state index is 0.105. The summed E-state index contributed by atoms with van der Waals surface area (Å²) in [6, 6.07) is 9.24. The van der Waals surface area contributed by atoms with E-state index in [4.69, 9.17) is 0 Å². The first kappa shape index (κ1) is 12.1. The van der Waals surface area contributed by atoms with Crippen molar-refractivity contribution >= 4 is 5.69 Å². The Kier molecular flexibility index (Phi) is 2.93. The van der Waals surface area contributed by atoms with Gasteiger partial charge in [-0.1, -0.05) is 24.3 Å². The minimum Gasteiger partial charge on any atom is -0.376 e. The van der Waals surface area contributed by atoms with E-state index >= 15 is 0 Å². The molecule has 0 radical (unpaired) electrons. The lowest BCUT2D eigenvalue weighted by Gasteiger charge is -2.16. The molecule has 1 unspecified atom stereocenters. The molecule has 0 aliphatic heterocycles. The largest absolute Gasteiger partial charge is 0.376 e. The lowest BCUT2D eigenvalue weighted by Crippen LogP contribution is -2.09. The molecule has 0 amide bonds. The zero-order chi connectivity index (χ0) is 13.4. The molecular formula is C15H12F3N. The first-order chi connectivity index (χ1) is 9.15. The van der Waals surface area contributed by atoms with E-state index in [1.165, 1.54) is 5.56 Å². The molecule has 19 heavy (non-hydrogen) atoms. The summed E-state index contributed by atoms with van der Waals surface area (Å²) in [5.41, 5.74) is 2.13. The number of halogens is 3. The highest BCUT2D eigenvalue weighted by Crippen LogP contribution is 2.34. The maximum Gasteiger partial charge on any atom is 0.182 e. The fraction of sp³-hybridized carbons (Fsp3) is 0.200. The summed E-state index contributed by atoms with van der Waals surface area (Å²) >= 11 is 0. The van der Waals surface area contributed by atoms with E-state index in [9.17, 15) is 13.2 Å². The van der Waals surface area contributed by atoms with Gasteiger partial charge >= 0.3 is 0 Å². The number of nitrogens with one attached hydrogen (secondary N) is 1. The molecule has 98 valence electrons. The van der Waals surface area contributed by atoms with Gasteiger partial charge in [0.2, 0.25) is 0 Å². The van der Waals surface area contributed by atoms with Gasteiger partial charge in [0, 0.05) is 12.1 Å². The highest BCUT2D eigenvalue weighted by molar-refractivity contribution is 5.49. The van der Waals surface area contributed by atoms with Crippen molar-refractivity contribution in [2.24, 2.45) is 0 Å². The average molecular weight is 263 g/mol. The molecule has 0 aromatic heterocycles. The number of hydrogen-bond acceptors (Lipinski definition) is 1. The summed E-state index contributed by atoms with van der Waals surface area (Å²) in [6.45, 7) is 0. The monoisotopic (exact) mass is 263 g/mol. The standard InChI is InChI=1S/C15H12F3N/c16-10-7-12(17)15(18)14(8-10)19-13-6-5-9-3-1-2-4-11(9)13/h1-4,7-8,13,19H,5-6H2. The zero-order valence-corrected chi connectivity index (χ0v) is 10.1. The van der Waals surface area contributed by atoms with Crippen LogP contribution in [0, 0.1) is 17.5 Å². The molecule has 2 aromatic rings. The van der Waals surface area contributed by atoms with Crippen molar-refractivity contribution in [1.29, 1.82) is 0 Å². The van der Waals surface area contributed by atoms with Crippen molar-refractivity contribution in [1.82, 2.24) is 0 Å². The van der Waals surface area contributed by atoms with Crippen molar-refractivity contribution in [3.63, 3.8) is 0 Å². The molecule has 0 bridgehead atoms. The average Bonchev–Trinajstić information content (AvgIpc) is 2.79. The molecule has 1 aliphatic rings. The Morgan fingerprint density at radius 1 is 1.05 bits per heavy atom. The third-order valence-corrected chi connectivity index (χ3v) is 3.46. The number of fused-ring (bicyclic) bond motifs is 1. The van der Waals surface area contributed by atoms with E-state index in [0.717, 1.165) is 24.5 Å². The first-order valence-corrected chi connectivity index (χ1v) is 6.14. The Balaban J connectivity index is 1.92. The Hall–Kier alpha value is -1.97. The molecule has 0 fully saturated rings. The number of hydrogen-bond donors (Lipinski definition) is 1. The van der Waals surface area contributed by atoms with Crippen LogP contribution in [0.3, 0.4) is 0 Å². The molecule has 1 aliphatic carbocycles. The van der Waals surface area contributed by atoms with Crippen LogP contribution in [0.4, 0.5) is 18.9 Å². The lowest BCUT2D eigenvalue weighted by molar-refractivity contribution is 0.496. The molecular weight excluding hydrogens is 251 g/mol. The minimum atomic E-state index is -1.17. The highest BCUT2D eigenvalue weighted by Gasteiger charge is 2.23. The molecule has 2 aromatic carbocycles. The second-order valence-corrected chi connectivity index (χ2v) is 4.68. The van der Waals surface area contributed by atoms with Gasteiger partial charge in [-0.25, -0.2) is 13.2 Å². The predicted octanol–water partition coefficient (Wildman–Crippen LogP) is 4.20. The molecule has 0 saturated heterocycles. The molecule has 0 heterocycles. The summed E-state index contributed by atoms with van der Waals surface area (Å²) in [4.78, 5) is 0. The van der Waals surface area contributed by atoms with Crippen LogP contribution < -0.4 is 5.32 Å². The van der Waals surface area contributed by atoms with E-state index in [0.29, 0.717) is 6.07 Å². The maximum atomic E-state index is 13.6. The van der Waals surface area contributed by atoms with Crippen molar-refractivity contribution in [2.45, 2.75) is 18.9 Å². The number of benzene rings is 2. The quantitative estimate of drug-likeness (QED) is 0.800. The number of rotatable bonds is 2. The van der Waals surface area contributed by atoms with Crippen molar-refractivity contribution in [3.8, 4) is 0 Å². The summed E-state index contributed by atoms with van der Waals surface area (Å²) in [7, 11) is 0. The van der Waals surface area contributed by atoms with E-state index in [2.05, 4.69) is 5.32 Å². The molecule has 3 rings (SSSR count). The van der Waals surface area contributed by atoms with Crippen LogP contribution >= 0.6 is 0 Å². The zero-order valence-electron chi connectivity index (χ0n) is 10.1. The van der Waals surface area contributed by atoms with E-state index in [-0.39, 0.29) is 11.7 Å². The van der Waals surface area contributed by atoms with Gasteiger partial charge in [-0.3, -0.25) is 0 Å². The second-order valence-electron chi connectivity index (χ2n) is 4.68. The van der Waals surface area contributed by atoms with Crippen LogP contribution in [-0.4, -0.2) is 0 Å². The molecule has 0 saturated carbocycles. The van der Waals surface area contributed by atoms with Crippen LogP contribution in [0.1, 0.15) is 23.6 Å². The first-order valence-electron chi connectivity index (χ1n) is 6.14. The molecule has 1 atom stereocenters. The lowest BCUT2D eigenvalue weighted by atomic mass is 10.1. The molecule has 0 spiro atoms. The fourth-order valence-corrected chi connectivity index (χ4v) is 2.56. The normalized spacial score (nSPS) is 17.3. The predicted molar refractivity (Wildman–Crippen MR) is 67.4 cm³/mol. The van der Waals surface area contributed by atoms with Crippen LogP contribution in [0.5, 0.6) is 0 Å². The van der Waals surface area contributed by atoms with E-state index < -0.39 is 17.5 Å². The highest BCUT2D eigenvalue weighted by atomic mass is 19.2.